The maximum absolute atomic E-state index is 12.4. The van der Waals surface area contributed by atoms with Crippen molar-refractivity contribution in [2.24, 2.45) is 4.99 Å². The van der Waals surface area contributed by atoms with E-state index < -0.39 is 24.3 Å². The molecule has 0 aromatic heterocycles. The number of rotatable bonds is 1. The average Bonchev–Trinajstić information content (AvgIpc) is 2.28. The second kappa shape index (κ2) is 2.71. The summed E-state index contributed by atoms with van der Waals surface area (Å²) in [4.78, 5) is 14.0. The van der Waals surface area contributed by atoms with Gasteiger partial charge < -0.3 is 4.74 Å². The Bertz CT molecular complexity index is 271. The van der Waals surface area contributed by atoms with Crippen molar-refractivity contribution in [1.82, 2.24) is 0 Å². The molecule has 0 bridgehead atoms. The third kappa shape index (κ3) is 1.40. The highest BCUT2D eigenvalue weighted by Crippen LogP contribution is 2.40. The van der Waals surface area contributed by atoms with Crippen molar-refractivity contribution in [3.05, 3.63) is 0 Å². The zero-order valence-corrected chi connectivity index (χ0v) is 7.10. The second-order valence-corrected chi connectivity index (χ2v) is 2.72. The van der Waals surface area contributed by atoms with Crippen LogP contribution >= 0.6 is 0 Å². The van der Waals surface area contributed by atoms with Crippen molar-refractivity contribution in [2.45, 2.75) is 32.2 Å². The standard InChI is InChI=1S/C7H8F3NO2/c1-3-6(7(8,9)10)11-4(2)5(12)13-6/h3H2,1-2H3. The Morgan fingerprint density at radius 2 is 2.08 bits per heavy atom. The molecule has 0 amide bonds. The van der Waals surface area contributed by atoms with Crippen LogP contribution in [0, 0.1) is 0 Å². The predicted molar refractivity (Wildman–Crippen MR) is 38.3 cm³/mol. The molecule has 1 atom stereocenters. The Morgan fingerprint density at radius 1 is 1.54 bits per heavy atom. The molecule has 13 heavy (non-hydrogen) atoms. The lowest BCUT2D eigenvalue weighted by atomic mass is 10.1. The minimum absolute atomic E-state index is 0.237. The van der Waals surface area contributed by atoms with Gasteiger partial charge in [0.1, 0.15) is 5.71 Å². The summed E-state index contributed by atoms with van der Waals surface area (Å²) in [6.07, 6.45) is -5.05. The molecular weight excluding hydrogens is 187 g/mol. The minimum Gasteiger partial charge on any atom is -0.423 e. The molecule has 1 aliphatic heterocycles. The van der Waals surface area contributed by atoms with Crippen molar-refractivity contribution in [2.75, 3.05) is 0 Å². The van der Waals surface area contributed by atoms with E-state index in [1.807, 2.05) is 0 Å². The summed E-state index contributed by atoms with van der Waals surface area (Å²) in [5.74, 6) is -1.00. The van der Waals surface area contributed by atoms with Gasteiger partial charge in [-0.3, -0.25) is 0 Å². The van der Waals surface area contributed by atoms with Crippen LogP contribution in [0.15, 0.2) is 4.99 Å². The Labute approximate surface area is 72.6 Å². The first-order chi connectivity index (χ1) is 5.82. The minimum atomic E-state index is -4.64. The number of aliphatic imine (C=N–C) groups is 1. The fourth-order valence-electron chi connectivity index (χ4n) is 1.04. The maximum Gasteiger partial charge on any atom is 0.450 e. The Morgan fingerprint density at radius 3 is 2.23 bits per heavy atom. The molecule has 3 nitrogen and oxygen atoms in total. The van der Waals surface area contributed by atoms with E-state index in [1.165, 1.54) is 13.8 Å². The summed E-state index contributed by atoms with van der Waals surface area (Å²) in [6, 6.07) is 0. The zero-order chi connectivity index (χ0) is 10.3. The number of ether oxygens (including phenoxy) is 1. The summed E-state index contributed by atoms with van der Waals surface area (Å²) in [5, 5.41) is 0. The van der Waals surface area contributed by atoms with Gasteiger partial charge in [-0.25, -0.2) is 9.79 Å². The summed E-state index contributed by atoms with van der Waals surface area (Å²) in [5.41, 5.74) is -2.88. The maximum atomic E-state index is 12.4. The van der Waals surface area contributed by atoms with E-state index in [2.05, 4.69) is 9.73 Å². The number of hydrogen-bond donors (Lipinski definition) is 0. The van der Waals surface area contributed by atoms with E-state index >= 15 is 0 Å². The highest BCUT2D eigenvalue weighted by molar-refractivity contribution is 6.36. The number of carbonyl (C=O) groups excluding carboxylic acids is 1. The molecule has 0 saturated carbocycles. The number of carbonyl (C=O) groups is 1. The van der Waals surface area contributed by atoms with Gasteiger partial charge in [-0.15, -0.1) is 0 Å². The van der Waals surface area contributed by atoms with Gasteiger partial charge in [0.15, 0.2) is 0 Å². The van der Waals surface area contributed by atoms with E-state index in [1.54, 1.807) is 0 Å². The molecule has 0 aliphatic carbocycles. The zero-order valence-electron chi connectivity index (χ0n) is 7.10. The van der Waals surface area contributed by atoms with E-state index in [-0.39, 0.29) is 5.71 Å². The van der Waals surface area contributed by atoms with Gasteiger partial charge in [-0.05, 0) is 6.92 Å². The number of nitrogens with zero attached hydrogens (tertiary/aromatic N) is 1. The first kappa shape index (κ1) is 10.0. The average molecular weight is 195 g/mol. The third-order valence-electron chi connectivity index (χ3n) is 1.83. The molecule has 0 spiro atoms. The highest BCUT2D eigenvalue weighted by Gasteiger charge is 2.60. The molecular formula is C7H8F3NO2. The van der Waals surface area contributed by atoms with E-state index in [0.717, 1.165) is 0 Å². The van der Waals surface area contributed by atoms with Crippen molar-refractivity contribution >= 4 is 11.7 Å². The molecule has 1 rings (SSSR count). The van der Waals surface area contributed by atoms with Gasteiger partial charge in [0.05, 0.1) is 0 Å². The summed E-state index contributed by atoms with van der Waals surface area (Å²) in [6.45, 7) is 2.47. The molecule has 0 aromatic carbocycles. The van der Waals surface area contributed by atoms with Crippen molar-refractivity contribution in [3.63, 3.8) is 0 Å². The molecule has 1 unspecified atom stereocenters. The predicted octanol–water partition coefficient (Wildman–Crippen LogP) is 1.67. The van der Waals surface area contributed by atoms with Crippen LogP contribution < -0.4 is 0 Å². The summed E-state index contributed by atoms with van der Waals surface area (Å²) >= 11 is 0. The SMILES string of the molecule is CCC1(C(F)(F)F)N=C(C)C(=O)O1. The van der Waals surface area contributed by atoms with Crippen LogP contribution in [0.3, 0.4) is 0 Å². The van der Waals surface area contributed by atoms with Crippen LogP contribution in [0.4, 0.5) is 13.2 Å². The molecule has 0 N–H and O–H groups in total. The van der Waals surface area contributed by atoms with E-state index in [4.69, 9.17) is 0 Å². The third-order valence-corrected chi connectivity index (χ3v) is 1.83. The fourth-order valence-corrected chi connectivity index (χ4v) is 1.04. The van der Waals surface area contributed by atoms with Crippen LogP contribution in [0.25, 0.3) is 0 Å². The first-order valence-electron chi connectivity index (χ1n) is 3.69. The number of halogens is 3. The quantitative estimate of drug-likeness (QED) is 0.597. The monoisotopic (exact) mass is 195 g/mol. The van der Waals surface area contributed by atoms with Crippen molar-refractivity contribution < 1.29 is 22.7 Å². The molecule has 0 aromatic rings. The molecule has 6 heteroatoms. The lowest BCUT2D eigenvalue weighted by molar-refractivity contribution is -0.260. The van der Waals surface area contributed by atoms with Crippen LogP contribution in [0.5, 0.6) is 0 Å². The highest BCUT2D eigenvalue weighted by atomic mass is 19.4. The van der Waals surface area contributed by atoms with Gasteiger partial charge >= 0.3 is 12.1 Å². The number of cyclic esters (lactones) is 1. The van der Waals surface area contributed by atoms with E-state index in [0.29, 0.717) is 0 Å². The molecule has 0 fully saturated rings. The second-order valence-electron chi connectivity index (χ2n) is 2.72. The number of esters is 1. The van der Waals surface area contributed by atoms with Gasteiger partial charge in [-0.1, -0.05) is 6.92 Å². The van der Waals surface area contributed by atoms with E-state index in [9.17, 15) is 18.0 Å². The Balaban J connectivity index is 3.07. The Kier molecular flexibility index (Phi) is 2.09. The molecule has 1 aliphatic rings. The lowest BCUT2D eigenvalue weighted by Gasteiger charge is -2.25. The smallest absolute Gasteiger partial charge is 0.423 e. The molecule has 74 valence electrons. The number of alkyl halides is 3. The normalized spacial score (nSPS) is 28.7. The van der Waals surface area contributed by atoms with Crippen molar-refractivity contribution in [1.29, 1.82) is 0 Å². The van der Waals surface area contributed by atoms with Gasteiger partial charge in [0.2, 0.25) is 0 Å². The van der Waals surface area contributed by atoms with Crippen LogP contribution in [0.2, 0.25) is 0 Å². The largest absolute Gasteiger partial charge is 0.450 e. The topological polar surface area (TPSA) is 38.7 Å². The van der Waals surface area contributed by atoms with Gasteiger partial charge in [0, 0.05) is 6.42 Å². The summed E-state index contributed by atoms with van der Waals surface area (Å²) < 4.78 is 41.3. The van der Waals surface area contributed by atoms with Crippen LogP contribution in [-0.2, 0) is 9.53 Å². The first-order valence-corrected chi connectivity index (χ1v) is 3.69. The van der Waals surface area contributed by atoms with Crippen LogP contribution in [0.1, 0.15) is 20.3 Å². The van der Waals surface area contributed by atoms with Gasteiger partial charge in [-0.2, -0.15) is 13.2 Å². The fraction of sp³-hybridized carbons (Fsp3) is 0.714. The number of hydrogen-bond acceptors (Lipinski definition) is 3. The molecule has 0 radical (unpaired) electrons. The molecule has 1 heterocycles. The van der Waals surface area contributed by atoms with Crippen molar-refractivity contribution in [3.8, 4) is 0 Å². The summed E-state index contributed by atoms with van der Waals surface area (Å²) in [7, 11) is 0. The van der Waals surface area contributed by atoms with Crippen LogP contribution in [-0.4, -0.2) is 23.6 Å². The lowest BCUT2D eigenvalue weighted by Crippen LogP contribution is -2.43. The Hall–Kier alpha value is -1.07. The molecule has 0 saturated heterocycles. The van der Waals surface area contributed by atoms with Gasteiger partial charge in [0.25, 0.3) is 5.72 Å².